The third kappa shape index (κ3) is 2.00. The Bertz CT molecular complexity index is 522. The van der Waals surface area contributed by atoms with Crippen LogP contribution in [0, 0.1) is 0 Å². The zero-order valence-electron chi connectivity index (χ0n) is 8.21. The number of nitrogens with one attached hydrogen (secondary N) is 1. The van der Waals surface area contributed by atoms with Crippen molar-refractivity contribution in [3.8, 4) is 17.1 Å². The van der Waals surface area contributed by atoms with Crippen LogP contribution in [0.4, 0.5) is 0 Å². The van der Waals surface area contributed by atoms with Gasteiger partial charge in [0.15, 0.2) is 5.82 Å². The average Bonchev–Trinajstić information content (AvgIpc) is 2.66. The van der Waals surface area contributed by atoms with E-state index in [0.29, 0.717) is 5.56 Å². The number of rotatable bonds is 3. The number of para-hydroxylation sites is 1. The molecular formula is C10H9N3O3. The van der Waals surface area contributed by atoms with Gasteiger partial charge < -0.3 is 10.2 Å². The number of carbonyl (C=O) groups is 1. The predicted molar refractivity (Wildman–Crippen MR) is 54.8 cm³/mol. The summed E-state index contributed by atoms with van der Waals surface area (Å²) in [5.74, 6) is -0.386. The topological polar surface area (TPSA) is 99.1 Å². The molecule has 0 aliphatic rings. The summed E-state index contributed by atoms with van der Waals surface area (Å²) in [6, 6.07) is 6.59. The first kappa shape index (κ1) is 10.2. The lowest BCUT2D eigenvalue weighted by atomic mass is 10.2. The van der Waals surface area contributed by atoms with Crippen LogP contribution in [0.5, 0.6) is 5.75 Å². The van der Waals surface area contributed by atoms with Gasteiger partial charge in [-0.25, -0.2) is 4.98 Å². The Morgan fingerprint density at radius 3 is 2.81 bits per heavy atom. The highest BCUT2D eigenvalue weighted by molar-refractivity contribution is 5.69. The van der Waals surface area contributed by atoms with Gasteiger partial charge in [-0.05, 0) is 12.1 Å². The van der Waals surface area contributed by atoms with E-state index in [1.807, 2.05) is 0 Å². The van der Waals surface area contributed by atoms with E-state index in [2.05, 4.69) is 15.2 Å². The largest absolute Gasteiger partial charge is 0.507 e. The third-order valence-corrected chi connectivity index (χ3v) is 2.00. The number of aromatic nitrogens is 3. The van der Waals surface area contributed by atoms with E-state index in [0.717, 1.165) is 0 Å². The summed E-state index contributed by atoms with van der Waals surface area (Å²) < 4.78 is 0. The second-order valence-electron chi connectivity index (χ2n) is 3.19. The van der Waals surface area contributed by atoms with E-state index < -0.39 is 5.97 Å². The molecule has 0 aliphatic carbocycles. The first-order chi connectivity index (χ1) is 7.66. The van der Waals surface area contributed by atoms with Gasteiger partial charge >= 0.3 is 5.97 Å². The Morgan fingerprint density at radius 2 is 2.12 bits per heavy atom. The normalized spacial score (nSPS) is 10.2. The standard InChI is InChI=1S/C10H9N3O3/c14-7-4-2-1-3-6(7)10-11-8(12-13-10)5-9(15)16/h1-4,14H,5H2,(H,15,16)(H,11,12,13). The van der Waals surface area contributed by atoms with Crippen LogP contribution < -0.4 is 0 Å². The number of carboxylic acid groups (broad SMARTS) is 1. The summed E-state index contributed by atoms with van der Waals surface area (Å²) >= 11 is 0. The summed E-state index contributed by atoms with van der Waals surface area (Å²) in [5, 5.41) is 24.5. The highest BCUT2D eigenvalue weighted by Crippen LogP contribution is 2.25. The first-order valence-corrected chi connectivity index (χ1v) is 4.58. The Morgan fingerprint density at radius 1 is 1.38 bits per heavy atom. The molecular weight excluding hydrogens is 210 g/mol. The van der Waals surface area contributed by atoms with Gasteiger partial charge in [0.1, 0.15) is 18.0 Å². The number of hydrogen-bond donors (Lipinski definition) is 3. The molecule has 6 heteroatoms. The van der Waals surface area contributed by atoms with Crippen molar-refractivity contribution in [2.24, 2.45) is 0 Å². The molecule has 0 bridgehead atoms. The number of H-pyrrole nitrogens is 1. The van der Waals surface area contributed by atoms with Crippen LogP contribution in [0.3, 0.4) is 0 Å². The summed E-state index contributed by atoms with van der Waals surface area (Å²) in [4.78, 5) is 14.4. The monoisotopic (exact) mass is 219 g/mol. The molecule has 16 heavy (non-hydrogen) atoms. The molecule has 1 heterocycles. The van der Waals surface area contributed by atoms with Gasteiger partial charge in [-0.15, -0.1) is 0 Å². The molecule has 0 saturated carbocycles. The van der Waals surface area contributed by atoms with Crippen molar-refractivity contribution in [2.45, 2.75) is 6.42 Å². The van der Waals surface area contributed by atoms with E-state index in [1.165, 1.54) is 6.07 Å². The molecule has 82 valence electrons. The maximum atomic E-state index is 10.4. The first-order valence-electron chi connectivity index (χ1n) is 4.58. The van der Waals surface area contributed by atoms with Crippen molar-refractivity contribution in [3.05, 3.63) is 30.1 Å². The second-order valence-corrected chi connectivity index (χ2v) is 3.19. The second kappa shape index (κ2) is 4.01. The third-order valence-electron chi connectivity index (χ3n) is 2.00. The van der Waals surface area contributed by atoms with E-state index in [1.54, 1.807) is 18.2 Å². The fourth-order valence-electron chi connectivity index (χ4n) is 1.30. The number of phenols is 1. The van der Waals surface area contributed by atoms with Crippen LogP contribution in [0.1, 0.15) is 5.82 Å². The maximum absolute atomic E-state index is 10.4. The number of aromatic amines is 1. The van der Waals surface area contributed by atoms with Crippen LogP contribution in [-0.2, 0) is 11.2 Å². The fraction of sp³-hybridized carbons (Fsp3) is 0.100. The van der Waals surface area contributed by atoms with Crippen LogP contribution in [0.2, 0.25) is 0 Å². The fourth-order valence-corrected chi connectivity index (χ4v) is 1.30. The molecule has 2 aromatic rings. The minimum Gasteiger partial charge on any atom is -0.507 e. The van der Waals surface area contributed by atoms with Gasteiger partial charge in [-0.1, -0.05) is 12.1 Å². The highest BCUT2D eigenvalue weighted by Gasteiger charge is 2.11. The van der Waals surface area contributed by atoms with Crippen LogP contribution in [0.15, 0.2) is 24.3 Å². The molecule has 6 nitrogen and oxygen atoms in total. The Labute approximate surface area is 90.6 Å². The van der Waals surface area contributed by atoms with Gasteiger partial charge in [-0.2, -0.15) is 5.10 Å². The van der Waals surface area contributed by atoms with Gasteiger partial charge in [0.25, 0.3) is 0 Å². The van der Waals surface area contributed by atoms with E-state index in [-0.39, 0.29) is 23.8 Å². The number of benzene rings is 1. The highest BCUT2D eigenvalue weighted by atomic mass is 16.4. The van der Waals surface area contributed by atoms with E-state index in [9.17, 15) is 9.90 Å². The maximum Gasteiger partial charge on any atom is 0.311 e. The molecule has 1 aromatic heterocycles. The van der Waals surface area contributed by atoms with Gasteiger partial charge in [0.2, 0.25) is 0 Å². The van der Waals surface area contributed by atoms with Gasteiger partial charge in [-0.3, -0.25) is 9.89 Å². The Kier molecular flexibility index (Phi) is 2.55. The molecule has 2 rings (SSSR count). The zero-order chi connectivity index (χ0) is 11.5. The zero-order valence-corrected chi connectivity index (χ0v) is 8.21. The average molecular weight is 219 g/mol. The van der Waals surface area contributed by atoms with E-state index >= 15 is 0 Å². The van der Waals surface area contributed by atoms with Crippen LogP contribution in [-0.4, -0.2) is 31.4 Å². The van der Waals surface area contributed by atoms with Gasteiger partial charge in [0, 0.05) is 0 Å². The predicted octanol–water partition coefficient (Wildman–Crippen LogP) is 0.804. The lowest BCUT2D eigenvalue weighted by molar-refractivity contribution is -0.136. The van der Waals surface area contributed by atoms with E-state index in [4.69, 9.17) is 5.11 Å². The molecule has 0 spiro atoms. The minimum atomic E-state index is -0.986. The van der Waals surface area contributed by atoms with Crippen molar-refractivity contribution in [2.75, 3.05) is 0 Å². The van der Waals surface area contributed by atoms with Crippen molar-refractivity contribution in [1.29, 1.82) is 0 Å². The minimum absolute atomic E-state index is 0.0587. The number of carboxylic acids is 1. The lowest BCUT2D eigenvalue weighted by Gasteiger charge is -1.97. The Hall–Kier alpha value is -2.37. The van der Waals surface area contributed by atoms with Crippen LogP contribution in [0.25, 0.3) is 11.4 Å². The quantitative estimate of drug-likeness (QED) is 0.709. The summed E-state index contributed by atoms with van der Waals surface area (Å²) in [7, 11) is 0. The molecule has 0 radical (unpaired) electrons. The molecule has 0 atom stereocenters. The molecule has 0 fully saturated rings. The van der Waals surface area contributed by atoms with Crippen molar-refractivity contribution >= 4 is 5.97 Å². The smallest absolute Gasteiger partial charge is 0.311 e. The molecule has 3 N–H and O–H groups in total. The number of nitrogens with zero attached hydrogens (tertiary/aromatic N) is 2. The van der Waals surface area contributed by atoms with Gasteiger partial charge in [0.05, 0.1) is 5.56 Å². The van der Waals surface area contributed by atoms with Crippen molar-refractivity contribution in [3.63, 3.8) is 0 Å². The lowest BCUT2D eigenvalue weighted by Crippen LogP contribution is -2.01. The van der Waals surface area contributed by atoms with Crippen LogP contribution >= 0.6 is 0 Å². The number of aliphatic carboxylic acids is 1. The van der Waals surface area contributed by atoms with Crippen molar-refractivity contribution in [1.82, 2.24) is 15.2 Å². The summed E-state index contributed by atoms with van der Waals surface area (Å²) in [5.41, 5.74) is 0.468. The molecule has 1 aromatic carbocycles. The summed E-state index contributed by atoms with van der Waals surface area (Å²) in [6.07, 6.45) is -0.222. The van der Waals surface area contributed by atoms with Crippen molar-refractivity contribution < 1.29 is 15.0 Å². The molecule has 0 aliphatic heterocycles. The molecule has 0 saturated heterocycles. The molecule has 0 unspecified atom stereocenters. The molecule has 0 amide bonds. The number of phenolic OH excluding ortho intramolecular Hbond substituents is 1. The SMILES string of the molecule is O=C(O)Cc1nc(-c2ccccc2O)n[nH]1. The Balaban J connectivity index is 2.32. The number of aromatic hydroxyl groups is 1. The number of hydrogen-bond acceptors (Lipinski definition) is 4. The summed E-state index contributed by atoms with van der Waals surface area (Å²) in [6.45, 7) is 0.